The van der Waals surface area contributed by atoms with E-state index in [0.717, 1.165) is 150 Å². The fourth-order valence-electron chi connectivity index (χ4n) is 15.6. The topological polar surface area (TPSA) is 271 Å². The summed E-state index contributed by atoms with van der Waals surface area (Å²) < 4.78 is 38.4. The number of benzene rings is 3. The number of fused-ring (bicyclic) bond motifs is 6. The number of carbonyl (C=O) groups excluding carboxylic acids is 3. The highest BCUT2D eigenvalue weighted by Gasteiger charge is 2.35. The first-order valence-corrected chi connectivity index (χ1v) is 35.9. The third-order valence-electron chi connectivity index (χ3n) is 21.6. The van der Waals surface area contributed by atoms with Gasteiger partial charge in [0.25, 0.3) is 17.7 Å². The van der Waals surface area contributed by atoms with Crippen LogP contribution in [-0.4, -0.2) is 122 Å². The quantitative estimate of drug-likeness (QED) is 0.0503. The number of aryl methyl sites for hydroxylation is 1. The van der Waals surface area contributed by atoms with Crippen LogP contribution in [0.4, 0.5) is 54.7 Å². The molecule has 0 aliphatic carbocycles. The van der Waals surface area contributed by atoms with Gasteiger partial charge in [0, 0.05) is 141 Å². The van der Waals surface area contributed by atoms with Crippen molar-refractivity contribution in [3.05, 3.63) is 216 Å². The predicted molar refractivity (Wildman–Crippen MR) is 404 cm³/mol. The molecule has 0 unspecified atom stereocenters. The van der Waals surface area contributed by atoms with Crippen molar-refractivity contribution in [2.24, 2.45) is 18.9 Å². The highest BCUT2D eigenvalue weighted by molar-refractivity contribution is 6.08. The van der Waals surface area contributed by atoms with Crippen molar-refractivity contribution >= 4 is 85.8 Å². The van der Waals surface area contributed by atoms with Crippen molar-refractivity contribution in [2.45, 2.75) is 96.6 Å². The second kappa shape index (κ2) is 28.1. The summed E-state index contributed by atoms with van der Waals surface area (Å²) in [5, 5.41) is 40.6. The van der Waals surface area contributed by atoms with Crippen LogP contribution in [0.15, 0.2) is 165 Å². The second-order valence-electron chi connectivity index (χ2n) is 29.1. The van der Waals surface area contributed by atoms with E-state index in [2.05, 4.69) is 95.5 Å². The first-order chi connectivity index (χ1) is 51.2. The monoisotopic (exact) mass is 1430 g/mol. The molecule has 3 saturated heterocycles. The Hall–Kier alpha value is -11.7. The van der Waals surface area contributed by atoms with Gasteiger partial charge in [-0.3, -0.25) is 28.2 Å². The van der Waals surface area contributed by atoms with Crippen molar-refractivity contribution in [2.75, 3.05) is 65.1 Å². The van der Waals surface area contributed by atoms with Gasteiger partial charge in [-0.05, 0) is 149 Å². The van der Waals surface area contributed by atoms with E-state index in [1.165, 1.54) is 24.3 Å². The smallest absolute Gasteiger partial charge is 0.254 e. The van der Waals surface area contributed by atoms with E-state index < -0.39 is 11.2 Å². The molecule has 0 radical (unpaired) electrons. The molecule has 2 atom stereocenters. The molecule has 0 spiro atoms. The number of aromatic nitrogens is 9. The predicted octanol–water partition coefficient (Wildman–Crippen LogP) is 13.1. The number of aliphatic hydroxyl groups is 2. The van der Waals surface area contributed by atoms with E-state index in [-0.39, 0.29) is 35.3 Å². The molecule has 25 heteroatoms. The number of halogens is 2. The van der Waals surface area contributed by atoms with Gasteiger partial charge in [0.05, 0.1) is 111 Å². The van der Waals surface area contributed by atoms with E-state index in [1.807, 2.05) is 129 Å². The van der Waals surface area contributed by atoms with E-state index in [0.29, 0.717) is 94.0 Å². The first-order valence-electron chi connectivity index (χ1n) is 35.9. The first kappa shape index (κ1) is 68.7. The summed E-state index contributed by atoms with van der Waals surface area (Å²) >= 11 is 0. The van der Waals surface area contributed by atoms with Crippen molar-refractivity contribution in [3.8, 4) is 33.8 Å². The SMILES string of the molecule is CC(C)(O)C1CCN(c2ccc(Nc3ccc(-c4cnc5cc(F)ccn45)c4c3C(=O)NC4)nc2)CC1.Cn1ccc2c(-c3ncc(Nc4ccc(N5CCC[C@@H](C(C)(C)O)C5)cn4)c4c3CNC4=O)cccc21.O=C1NCc2c(-c3cnc4cc(F)ccn34)ccc(Nc3ccc([C@@H]4CCOC4)cn3)c21. The number of hydrogen-bond acceptors (Lipinski definition) is 17. The van der Waals surface area contributed by atoms with Crippen LogP contribution in [-0.2, 0) is 31.4 Å². The van der Waals surface area contributed by atoms with Gasteiger partial charge >= 0.3 is 0 Å². The normalized spacial score (nSPS) is 17.1. The molecular formula is C81H81F2N17O6. The number of carbonyl (C=O) groups is 3. The maximum Gasteiger partial charge on any atom is 0.254 e. The fraction of sp³-hybridized carbons (Fsp3) is 0.296. The molecule has 540 valence electrons. The molecule has 6 aliphatic rings. The Morgan fingerprint density at radius 1 is 0.519 bits per heavy atom. The number of ether oxygens (including phenoxy) is 1. The number of pyridine rings is 6. The average molecular weight is 1430 g/mol. The zero-order chi connectivity index (χ0) is 73.1. The zero-order valence-electron chi connectivity index (χ0n) is 59.4. The molecule has 8 N–H and O–H groups in total. The lowest BCUT2D eigenvalue weighted by Crippen LogP contribution is -2.44. The van der Waals surface area contributed by atoms with Crippen molar-refractivity contribution in [1.82, 2.24) is 59.2 Å². The minimum Gasteiger partial charge on any atom is -0.390 e. The molecule has 0 bridgehead atoms. The summed E-state index contributed by atoms with van der Waals surface area (Å²) in [7, 11) is 2.03. The molecule has 18 rings (SSSR count). The van der Waals surface area contributed by atoms with Gasteiger partial charge in [0.15, 0.2) is 0 Å². The van der Waals surface area contributed by atoms with E-state index in [9.17, 15) is 33.4 Å². The number of rotatable bonds is 14. The molecule has 3 aromatic carbocycles. The lowest BCUT2D eigenvalue weighted by Gasteiger charge is -2.39. The highest BCUT2D eigenvalue weighted by Crippen LogP contribution is 2.41. The molecule has 6 aliphatic heterocycles. The third kappa shape index (κ3) is 13.6. The summed E-state index contributed by atoms with van der Waals surface area (Å²) in [5.74, 6) is 1.83. The van der Waals surface area contributed by atoms with Crippen LogP contribution >= 0.6 is 0 Å². The molecular weight excluding hydrogens is 1340 g/mol. The number of piperidine rings is 2. The minimum absolute atomic E-state index is 0.107. The molecule has 3 fully saturated rings. The molecule has 15 heterocycles. The number of hydrogen-bond donors (Lipinski definition) is 8. The van der Waals surface area contributed by atoms with Gasteiger partial charge in [-0.2, -0.15) is 0 Å². The summed E-state index contributed by atoms with van der Waals surface area (Å²) in [5.41, 5.74) is 15.7. The minimum atomic E-state index is -0.695. The molecule has 106 heavy (non-hydrogen) atoms. The Morgan fingerprint density at radius 3 is 1.60 bits per heavy atom. The molecule has 12 aromatic rings. The van der Waals surface area contributed by atoms with Gasteiger partial charge in [0.1, 0.15) is 40.4 Å². The van der Waals surface area contributed by atoms with Crippen LogP contribution in [0, 0.1) is 23.5 Å². The summed E-state index contributed by atoms with van der Waals surface area (Å²) in [6.45, 7) is 13.9. The van der Waals surface area contributed by atoms with Crippen LogP contribution in [0.3, 0.4) is 0 Å². The van der Waals surface area contributed by atoms with Crippen molar-refractivity contribution in [1.29, 1.82) is 0 Å². The van der Waals surface area contributed by atoms with Crippen LogP contribution in [0.2, 0.25) is 0 Å². The van der Waals surface area contributed by atoms with Crippen LogP contribution in [0.25, 0.3) is 56.0 Å². The number of nitrogens with zero attached hydrogens (tertiary/aromatic N) is 11. The standard InChI is InChI=1S/C29H32N6O2.C28H29FN6O2.C24H20FN5O2/c1-29(2,37)18-6-5-12-35(17-18)19-9-10-25(30-14-19)33-23-16-31-27(22-15-32-28(36)26(22)23)21-7-4-8-24-20(21)11-13-34(24)3;1-28(2,37)17-7-10-34(11-8-17)19-3-6-24(30-14-19)33-22-5-4-20(21-15-32-27(36)26(21)22)23-16-31-25-13-18(29)9-12-35(23)25;25-16-5-7-30-20(12-27-22(30)9-16)17-2-3-19(23-18(17)11-28-24(23)31)29-21-4-1-14(10-26-21)15-6-8-32-13-15/h4,7-11,13-14,16,18,37H,5-6,12,15,17H2,1-3H3,(H,30,33)(H,32,36);3-6,9,12-14,16-17,37H,7-8,10-11,15H2,1-2H3,(H,30,33)(H,32,36);1-5,7,9-10,12,15H,6,8,11,13H2,(H,26,29)(H,28,31)/t18-;;15-/m1.1/s1. The Labute approximate surface area is 610 Å². The Kier molecular flexibility index (Phi) is 18.2. The van der Waals surface area contributed by atoms with E-state index >= 15 is 0 Å². The average Bonchev–Trinajstić information content (AvgIpc) is 1.64. The lowest BCUT2D eigenvalue weighted by molar-refractivity contribution is 0.00646. The highest BCUT2D eigenvalue weighted by atomic mass is 19.1. The van der Waals surface area contributed by atoms with Gasteiger partial charge in [-0.1, -0.05) is 30.3 Å². The van der Waals surface area contributed by atoms with Crippen LogP contribution in [0.5, 0.6) is 0 Å². The van der Waals surface area contributed by atoms with E-state index in [1.54, 1.807) is 31.0 Å². The van der Waals surface area contributed by atoms with Gasteiger partial charge in [-0.15, -0.1) is 0 Å². The number of amides is 3. The van der Waals surface area contributed by atoms with Crippen molar-refractivity contribution in [3.63, 3.8) is 0 Å². The third-order valence-corrected chi connectivity index (χ3v) is 21.6. The number of imidazole rings is 2. The molecule has 3 amide bonds. The van der Waals surface area contributed by atoms with Gasteiger partial charge in [-0.25, -0.2) is 33.7 Å². The number of anilines is 8. The lowest BCUT2D eigenvalue weighted by atomic mass is 9.83. The van der Waals surface area contributed by atoms with Crippen LogP contribution in [0.1, 0.15) is 119 Å². The Morgan fingerprint density at radius 2 is 1.07 bits per heavy atom. The largest absolute Gasteiger partial charge is 0.390 e. The van der Waals surface area contributed by atoms with Gasteiger partial charge in [0.2, 0.25) is 0 Å². The maximum atomic E-state index is 13.6. The summed E-state index contributed by atoms with van der Waals surface area (Å²) in [6.07, 6.45) is 21.0. The zero-order valence-corrected chi connectivity index (χ0v) is 59.4. The summed E-state index contributed by atoms with van der Waals surface area (Å²) in [6, 6.07) is 33.4. The molecule has 0 saturated carbocycles. The maximum absolute atomic E-state index is 13.6. The molecule has 9 aromatic heterocycles. The second-order valence-corrected chi connectivity index (χ2v) is 29.1. The fourth-order valence-corrected chi connectivity index (χ4v) is 15.6. The Balaban J connectivity index is 0.000000122. The molecule has 23 nitrogen and oxygen atoms in total. The summed E-state index contributed by atoms with van der Waals surface area (Å²) in [4.78, 5) is 70.2. The van der Waals surface area contributed by atoms with Gasteiger partial charge < -0.3 is 61.2 Å². The number of nitrogens with one attached hydrogen (secondary N) is 6. The van der Waals surface area contributed by atoms with Crippen molar-refractivity contribution < 1.29 is 38.1 Å². The van der Waals surface area contributed by atoms with Crippen LogP contribution < -0.4 is 41.7 Å². The van der Waals surface area contributed by atoms with E-state index in [4.69, 9.17) is 9.72 Å². The Bertz CT molecular complexity index is 5360.